The number of hydrogen-bond acceptors (Lipinski definition) is 4. The van der Waals surface area contributed by atoms with E-state index in [4.69, 9.17) is 9.47 Å². The van der Waals surface area contributed by atoms with Gasteiger partial charge in [0.2, 0.25) is 0 Å². The molecule has 1 amide bonds. The summed E-state index contributed by atoms with van der Waals surface area (Å²) in [6, 6.07) is 0. The molecular formula is C15H30N2O3. The number of unbranched alkanes of at least 4 members (excludes halogenated alkanes) is 1. The Balaban J connectivity index is 2.06. The number of rotatable bonds is 5. The van der Waals surface area contributed by atoms with Crippen molar-refractivity contribution in [3.63, 3.8) is 0 Å². The van der Waals surface area contributed by atoms with E-state index in [9.17, 15) is 4.79 Å². The lowest BCUT2D eigenvalue weighted by Crippen LogP contribution is -2.45. The first-order valence-electron chi connectivity index (χ1n) is 7.61. The molecule has 0 bridgehead atoms. The van der Waals surface area contributed by atoms with Gasteiger partial charge in [0.15, 0.2) is 0 Å². The molecule has 0 unspecified atom stereocenters. The van der Waals surface area contributed by atoms with Gasteiger partial charge in [0.1, 0.15) is 5.60 Å². The van der Waals surface area contributed by atoms with Crippen LogP contribution in [-0.4, -0.2) is 55.0 Å². The number of nitrogens with one attached hydrogen (secondary N) is 1. The van der Waals surface area contributed by atoms with E-state index in [1.165, 1.54) is 0 Å². The number of ether oxygens (including phenoxy) is 2. The monoisotopic (exact) mass is 286 g/mol. The van der Waals surface area contributed by atoms with E-state index in [0.717, 1.165) is 32.5 Å². The smallest absolute Gasteiger partial charge is 0.407 e. The average molecular weight is 286 g/mol. The van der Waals surface area contributed by atoms with Gasteiger partial charge in [-0.3, -0.25) is 4.90 Å². The van der Waals surface area contributed by atoms with Gasteiger partial charge < -0.3 is 14.8 Å². The van der Waals surface area contributed by atoms with Crippen molar-refractivity contribution in [3.05, 3.63) is 0 Å². The SMILES string of the molecule is C[C@H]1CN(CCCCNC(=O)OC(C)(C)C)C[C@H](C)O1. The number of carbonyl (C=O) groups excluding carboxylic acids is 1. The van der Waals surface area contributed by atoms with Gasteiger partial charge in [-0.25, -0.2) is 4.79 Å². The Hall–Kier alpha value is -0.810. The van der Waals surface area contributed by atoms with Crippen LogP contribution in [0.2, 0.25) is 0 Å². The van der Waals surface area contributed by atoms with Gasteiger partial charge in [0.05, 0.1) is 12.2 Å². The van der Waals surface area contributed by atoms with E-state index in [1.54, 1.807) is 0 Å². The zero-order valence-electron chi connectivity index (χ0n) is 13.6. The van der Waals surface area contributed by atoms with Crippen molar-refractivity contribution in [2.45, 2.75) is 65.3 Å². The van der Waals surface area contributed by atoms with E-state index in [2.05, 4.69) is 24.1 Å². The fourth-order valence-corrected chi connectivity index (χ4v) is 2.43. The van der Waals surface area contributed by atoms with Crippen LogP contribution < -0.4 is 5.32 Å². The molecule has 0 radical (unpaired) electrons. The van der Waals surface area contributed by atoms with Crippen molar-refractivity contribution in [2.75, 3.05) is 26.2 Å². The van der Waals surface area contributed by atoms with Gasteiger partial charge in [-0.05, 0) is 54.0 Å². The van der Waals surface area contributed by atoms with Crippen LogP contribution in [0.1, 0.15) is 47.5 Å². The van der Waals surface area contributed by atoms with Crippen LogP contribution in [0.25, 0.3) is 0 Å². The number of alkyl carbamates (subject to hydrolysis) is 1. The molecule has 1 fully saturated rings. The highest BCUT2D eigenvalue weighted by Gasteiger charge is 2.21. The van der Waals surface area contributed by atoms with Gasteiger partial charge in [0, 0.05) is 19.6 Å². The standard InChI is InChI=1S/C15H30N2O3/c1-12-10-17(11-13(2)19-12)9-7-6-8-16-14(18)20-15(3,4)5/h12-13H,6-11H2,1-5H3,(H,16,18)/t12-,13-/m0/s1. The fraction of sp³-hybridized carbons (Fsp3) is 0.933. The maximum Gasteiger partial charge on any atom is 0.407 e. The van der Waals surface area contributed by atoms with Crippen LogP contribution in [-0.2, 0) is 9.47 Å². The lowest BCUT2D eigenvalue weighted by molar-refractivity contribution is -0.0681. The molecule has 1 aliphatic heterocycles. The molecule has 1 N–H and O–H groups in total. The molecule has 1 saturated heterocycles. The van der Waals surface area contributed by atoms with Crippen molar-refractivity contribution in [1.29, 1.82) is 0 Å². The molecular weight excluding hydrogens is 256 g/mol. The van der Waals surface area contributed by atoms with Crippen LogP contribution >= 0.6 is 0 Å². The number of nitrogens with zero attached hydrogens (tertiary/aromatic N) is 1. The number of amides is 1. The van der Waals surface area contributed by atoms with Crippen molar-refractivity contribution in [3.8, 4) is 0 Å². The summed E-state index contributed by atoms with van der Waals surface area (Å²) in [5.74, 6) is 0. The summed E-state index contributed by atoms with van der Waals surface area (Å²) in [4.78, 5) is 13.9. The third-order valence-corrected chi connectivity index (χ3v) is 3.06. The minimum absolute atomic E-state index is 0.318. The summed E-state index contributed by atoms with van der Waals surface area (Å²) in [5, 5.41) is 2.79. The van der Waals surface area contributed by atoms with Crippen LogP contribution in [0.3, 0.4) is 0 Å². The Bertz CT molecular complexity index is 292. The quantitative estimate of drug-likeness (QED) is 0.789. The molecule has 1 heterocycles. The average Bonchev–Trinajstić information content (AvgIpc) is 2.24. The van der Waals surface area contributed by atoms with E-state index < -0.39 is 5.60 Å². The van der Waals surface area contributed by atoms with Gasteiger partial charge >= 0.3 is 6.09 Å². The Morgan fingerprint density at radius 3 is 2.40 bits per heavy atom. The molecule has 2 atom stereocenters. The molecule has 20 heavy (non-hydrogen) atoms. The van der Waals surface area contributed by atoms with Crippen LogP contribution in [0, 0.1) is 0 Å². The molecule has 0 spiro atoms. The number of hydrogen-bond donors (Lipinski definition) is 1. The predicted octanol–water partition coefficient (Wildman–Crippen LogP) is 2.40. The van der Waals surface area contributed by atoms with Crippen molar-refractivity contribution in [1.82, 2.24) is 10.2 Å². The van der Waals surface area contributed by atoms with Gasteiger partial charge in [0.25, 0.3) is 0 Å². The highest BCUT2D eigenvalue weighted by molar-refractivity contribution is 5.67. The van der Waals surface area contributed by atoms with E-state index in [-0.39, 0.29) is 6.09 Å². The first kappa shape index (κ1) is 17.2. The predicted molar refractivity (Wildman–Crippen MR) is 79.9 cm³/mol. The molecule has 1 aliphatic rings. The van der Waals surface area contributed by atoms with E-state index >= 15 is 0 Å². The second kappa shape index (κ2) is 7.84. The van der Waals surface area contributed by atoms with Crippen LogP contribution in [0.4, 0.5) is 4.79 Å². The molecule has 1 rings (SSSR count). The first-order chi connectivity index (χ1) is 9.26. The number of morpholine rings is 1. The Morgan fingerprint density at radius 1 is 1.25 bits per heavy atom. The summed E-state index contributed by atoms with van der Waals surface area (Å²) in [7, 11) is 0. The lowest BCUT2D eigenvalue weighted by Gasteiger charge is -2.35. The Labute approximate surface area is 123 Å². The maximum absolute atomic E-state index is 11.4. The molecule has 0 saturated carbocycles. The largest absolute Gasteiger partial charge is 0.444 e. The molecule has 0 aromatic carbocycles. The zero-order chi connectivity index (χ0) is 15.2. The lowest BCUT2D eigenvalue weighted by atomic mass is 10.2. The third-order valence-electron chi connectivity index (χ3n) is 3.06. The van der Waals surface area contributed by atoms with E-state index in [0.29, 0.717) is 18.8 Å². The molecule has 5 nitrogen and oxygen atoms in total. The molecule has 5 heteroatoms. The van der Waals surface area contributed by atoms with Crippen molar-refractivity contribution in [2.24, 2.45) is 0 Å². The zero-order valence-corrected chi connectivity index (χ0v) is 13.6. The fourth-order valence-electron chi connectivity index (χ4n) is 2.43. The highest BCUT2D eigenvalue weighted by atomic mass is 16.6. The molecule has 0 aliphatic carbocycles. The minimum Gasteiger partial charge on any atom is -0.444 e. The molecule has 0 aromatic heterocycles. The normalized spacial score (nSPS) is 24.4. The highest BCUT2D eigenvalue weighted by Crippen LogP contribution is 2.11. The Kier molecular flexibility index (Phi) is 6.76. The molecule has 118 valence electrons. The van der Waals surface area contributed by atoms with Crippen molar-refractivity contribution >= 4 is 6.09 Å². The Morgan fingerprint density at radius 2 is 1.85 bits per heavy atom. The summed E-state index contributed by atoms with van der Waals surface area (Å²) < 4.78 is 10.9. The van der Waals surface area contributed by atoms with Gasteiger partial charge in [-0.2, -0.15) is 0 Å². The van der Waals surface area contributed by atoms with Crippen molar-refractivity contribution < 1.29 is 14.3 Å². The van der Waals surface area contributed by atoms with E-state index in [1.807, 2.05) is 20.8 Å². The van der Waals surface area contributed by atoms with Gasteiger partial charge in [-0.1, -0.05) is 0 Å². The van der Waals surface area contributed by atoms with Crippen LogP contribution in [0.15, 0.2) is 0 Å². The minimum atomic E-state index is -0.426. The third kappa shape index (κ3) is 7.70. The second-order valence-electron chi connectivity index (χ2n) is 6.65. The maximum atomic E-state index is 11.4. The summed E-state index contributed by atoms with van der Waals surface area (Å²) in [6.07, 6.45) is 2.36. The second-order valence-corrected chi connectivity index (χ2v) is 6.65. The topological polar surface area (TPSA) is 50.8 Å². The summed E-state index contributed by atoms with van der Waals surface area (Å²) in [5.41, 5.74) is -0.426. The first-order valence-corrected chi connectivity index (χ1v) is 7.61. The van der Waals surface area contributed by atoms with Gasteiger partial charge in [-0.15, -0.1) is 0 Å². The summed E-state index contributed by atoms with van der Waals surface area (Å²) >= 11 is 0. The summed E-state index contributed by atoms with van der Waals surface area (Å²) in [6.45, 7) is 13.6. The van der Waals surface area contributed by atoms with Crippen LogP contribution in [0.5, 0.6) is 0 Å². The number of carbonyl (C=O) groups is 1. The molecule has 0 aromatic rings.